The molecule has 0 fully saturated rings. The molecule has 0 atom stereocenters. The van der Waals surface area contributed by atoms with E-state index in [1.807, 2.05) is 13.8 Å². The van der Waals surface area contributed by atoms with Crippen LogP contribution in [-0.2, 0) is 10.2 Å². The zero-order chi connectivity index (χ0) is 14.8. The van der Waals surface area contributed by atoms with Crippen LogP contribution < -0.4 is 4.74 Å². The van der Waals surface area contributed by atoms with Gasteiger partial charge in [0.1, 0.15) is 11.5 Å². The summed E-state index contributed by atoms with van der Waals surface area (Å²) in [5.74, 6) is 1.12. The molecule has 1 aromatic rings. The minimum atomic E-state index is -0.201. The van der Waals surface area contributed by atoms with Crippen LogP contribution in [-0.4, -0.2) is 11.9 Å². The Hall–Kier alpha value is -1.31. The maximum atomic E-state index is 11.5. The van der Waals surface area contributed by atoms with E-state index in [1.165, 1.54) is 11.1 Å². The van der Waals surface area contributed by atoms with Crippen LogP contribution in [0.15, 0.2) is 12.1 Å². The van der Waals surface area contributed by atoms with Crippen LogP contribution in [0.25, 0.3) is 0 Å². The predicted octanol–water partition coefficient (Wildman–Crippen LogP) is 4.35. The van der Waals surface area contributed by atoms with Crippen LogP contribution in [0.3, 0.4) is 0 Å². The predicted molar refractivity (Wildman–Crippen MR) is 80.0 cm³/mol. The smallest absolute Gasteiger partial charge is 0.130 e. The van der Waals surface area contributed by atoms with Gasteiger partial charge in [-0.15, -0.1) is 0 Å². The molecule has 1 aromatic carbocycles. The summed E-state index contributed by atoms with van der Waals surface area (Å²) in [5.41, 5.74) is 3.34. The molecule has 0 bridgehead atoms. The molecule has 106 valence electrons. The Balaban J connectivity index is 3.35. The summed E-state index contributed by atoms with van der Waals surface area (Å²) in [7, 11) is 0. The number of hydrogen-bond donors (Lipinski definition) is 0. The van der Waals surface area contributed by atoms with Crippen LogP contribution >= 0.6 is 0 Å². The lowest BCUT2D eigenvalue weighted by molar-refractivity contribution is -0.118. The number of rotatable bonds is 5. The number of hydrogen-bond acceptors (Lipinski definition) is 2. The molecule has 0 spiro atoms. The topological polar surface area (TPSA) is 26.3 Å². The van der Waals surface area contributed by atoms with Gasteiger partial charge in [0, 0.05) is 17.4 Å². The summed E-state index contributed by atoms with van der Waals surface area (Å²) in [6.45, 7) is 14.1. The van der Waals surface area contributed by atoms with E-state index in [1.54, 1.807) is 6.92 Å². The third kappa shape index (κ3) is 4.09. The molecule has 0 aromatic heterocycles. The molecule has 0 amide bonds. The van der Waals surface area contributed by atoms with Crippen LogP contribution in [0.1, 0.15) is 57.7 Å². The highest BCUT2D eigenvalue weighted by Crippen LogP contribution is 2.38. The first-order valence-corrected chi connectivity index (χ1v) is 6.91. The number of ether oxygens (including phenoxy) is 1. The second-order valence-corrected chi connectivity index (χ2v) is 6.38. The summed E-state index contributed by atoms with van der Waals surface area (Å²) < 4.78 is 5.96. The quantitative estimate of drug-likeness (QED) is 0.788. The molecule has 2 heteroatoms. The maximum Gasteiger partial charge on any atom is 0.130 e. The molecule has 19 heavy (non-hydrogen) atoms. The molecule has 0 aliphatic rings. The fourth-order valence-electron chi connectivity index (χ4n) is 2.85. The highest BCUT2D eigenvalue weighted by atomic mass is 16.5. The Morgan fingerprint density at radius 1 is 1.26 bits per heavy atom. The zero-order valence-electron chi connectivity index (χ0n) is 13.3. The summed E-state index contributed by atoms with van der Waals surface area (Å²) in [5, 5.41) is 0. The Kier molecular flexibility index (Phi) is 4.78. The molecule has 1 rings (SSSR count). The molecule has 0 saturated carbocycles. The number of carbonyl (C=O) groups is 1. The van der Waals surface area contributed by atoms with Crippen LogP contribution in [0, 0.1) is 13.8 Å². The number of benzene rings is 1. The highest BCUT2D eigenvalue weighted by Gasteiger charge is 2.28. The fourth-order valence-corrected chi connectivity index (χ4v) is 2.85. The third-order valence-electron chi connectivity index (χ3n) is 3.17. The van der Waals surface area contributed by atoms with Crippen LogP contribution in [0.2, 0.25) is 0 Å². The second kappa shape index (κ2) is 5.77. The van der Waals surface area contributed by atoms with Crippen molar-refractivity contribution in [2.24, 2.45) is 0 Å². The fraction of sp³-hybridized carbons (Fsp3) is 0.588. The summed E-state index contributed by atoms with van der Waals surface area (Å²) in [6, 6.07) is 4.23. The summed E-state index contributed by atoms with van der Waals surface area (Å²) >= 11 is 0. The van der Waals surface area contributed by atoms with Gasteiger partial charge in [-0.05, 0) is 51.8 Å². The van der Waals surface area contributed by atoms with Crippen molar-refractivity contribution in [1.82, 2.24) is 0 Å². The van der Waals surface area contributed by atoms with Crippen molar-refractivity contribution in [2.75, 3.05) is 0 Å². The van der Waals surface area contributed by atoms with Crippen molar-refractivity contribution in [3.63, 3.8) is 0 Å². The lowest BCUT2D eigenvalue weighted by Crippen LogP contribution is -2.24. The van der Waals surface area contributed by atoms with E-state index in [4.69, 9.17) is 4.74 Å². The van der Waals surface area contributed by atoms with Crippen LogP contribution in [0.4, 0.5) is 0 Å². The maximum absolute atomic E-state index is 11.5. The van der Waals surface area contributed by atoms with E-state index in [9.17, 15) is 4.79 Å². The van der Waals surface area contributed by atoms with E-state index >= 15 is 0 Å². The number of ketones is 1. The van der Waals surface area contributed by atoms with Gasteiger partial charge in [0.25, 0.3) is 0 Å². The van der Waals surface area contributed by atoms with Gasteiger partial charge in [-0.3, -0.25) is 4.79 Å². The first-order chi connectivity index (χ1) is 8.63. The van der Waals surface area contributed by atoms with Crippen molar-refractivity contribution in [1.29, 1.82) is 0 Å². The van der Waals surface area contributed by atoms with Crippen molar-refractivity contribution in [3.8, 4) is 5.75 Å². The SMILES string of the molecule is CC(=O)CC(C)(C)c1c(C)cc(C)cc1OC(C)C. The first kappa shape index (κ1) is 15.7. The lowest BCUT2D eigenvalue weighted by atomic mass is 9.77. The zero-order valence-corrected chi connectivity index (χ0v) is 13.3. The molecular formula is C17H26O2. The molecular weight excluding hydrogens is 236 g/mol. The number of Topliss-reactive ketones (excluding diaryl/α,β-unsaturated/α-hetero) is 1. The number of carbonyl (C=O) groups excluding carboxylic acids is 1. The van der Waals surface area contributed by atoms with Gasteiger partial charge >= 0.3 is 0 Å². The van der Waals surface area contributed by atoms with Gasteiger partial charge in [0.05, 0.1) is 6.10 Å². The summed E-state index contributed by atoms with van der Waals surface area (Å²) in [6.07, 6.45) is 0.666. The van der Waals surface area contributed by atoms with Gasteiger partial charge in [0.15, 0.2) is 0 Å². The Labute approximate surface area is 117 Å². The first-order valence-electron chi connectivity index (χ1n) is 6.91. The van der Waals surface area contributed by atoms with Gasteiger partial charge < -0.3 is 4.74 Å². The Morgan fingerprint density at radius 2 is 1.84 bits per heavy atom. The van der Waals surface area contributed by atoms with Gasteiger partial charge in [0.2, 0.25) is 0 Å². The van der Waals surface area contributed by atoms with E-state index < -0.39 is 0 Å². The molecule has 0 radical (unpaired) electrons. The van der Waals surface area contributed by atoms with Gasteiger partial charge in [-0.1, -0.05) is 19.9 Å². The van der Waals surface area contributed by atoms with Crippen LogP contribution in [0.5, 0.6) is 5.75 Å². The van der Waals surface area contributed by atoms with Gasteiger partial charge in [-0.25, -0.2) is 0 Å². The Morgan fingerprint density at radius 3 is 2.32 bits per heavy atom. The minimum Gasteiger partial charge on any atom is -0.491 e. The van der Waals surface area contributed by atoms with E-state index in [2.05, 4.69) is 39.8 Å². The van der Waals surface area contributed by atoms with Gasteiger partial charge in [-0.2, -0.15) is 0 Å². The van der Waals surface area contributed by atoms with Crippen molar-refractivity contribution in [2.45, 2.75) is 66.4 Å². The second-order valence-electron chi connectivity index (χ2n) is 6.38. The summed E-state index contributed by atoms with van der Waals surface area (Å²) in [4.78, 5) is 11.5. The monoisotopic (exact) mass is 262 g/mol. The molecule has 0 aliphatic carbocycles. The van der Waals surface area contributed by atoms with Crippen molar-refractivity contribution >= 4 is 5.78 Å². The highest BCUT2D eigenvalue weighted by molar-refractivity contribution is 5.77. The normalized spacial score (nSPS) is 11.8. The molecule has 0 N–H and O–H groups in total. The average molecular weight is 262 g/mol. The van der Waals surface area contributed by atoms with Crippen molar-refractivity contribution < 1.29 is 9.53 Å². The number of aryl methyl sites for hydroxylation is 2. The molecule has 0 unspecified atom stereocenters. The standard InChI is InChI=1S/C17H26O2/c1-11(2)19-15-9-12(3)8-13(4)16(15)17(6,7)10-14(5)18/h8-9,11H,10H2,1-7H3. The molecule has 2 nitrogen and oxygen atoms in total. The lowest BCUT2D eigenvalue weighted by Gasteiger charge is -2.29. The van der Waals surface area contributed by atoms with E-state index in [0.717, 1.165) is 11.3 Å². The molecule has 0 heterocycles. The third-order valence-corrected chi connectivity index (χ3v) is 3.17. The van der Waals surface area contributed by atoms with Crippen molar-refractivity contribution in [3.05, 3.63) is 28.8 Å². The minimum absolute atomic E-state index is 0.132. The van der Waals surface area contributed by atoms with E-state index in [-0.39, 0.29) is 17.3 Å². The molecule has 0 saturated heterocycles. The average Bonchev–Trinajstić information content (AvgIpc) is 2.10. The van der Waals surface area contributed by atoms with E-state index in [0.29, 0.717) is 6.42 Å². The Bertz CT molecular complexity index is 470. The molecule has 0 aliphatic heterocycles. The largest absolute Gasteiger partial charge is 0.491 e.